The third-order valence-electron chi connectivity index (χ3n) is 5.41. The predicted molar refractivity (Wildman–Crippen MR) is 120 cm³/mol. The number of ether oxygens (including phenoxy) is 1. The van der Waals surface area contributed by atoms with Gasteiger partial charge in [-0.2, -0.15) is 0 Å². The molecule has 0 bridgehead atoms. The summed E-state index contributed by atoms with van der Waals surface area (Å²) < 4.78 is 5.47. The molecule has 1 aliphatic heterocycles. The van der Waals surface area contributed by atoms with Gasteiger partial charge in [0.15, 0.2) is 5.78 Å². The van der Waals surface area contributed by atoms with E-state index in [-0.39, 0.29) is 24.1 Å². The topological polar surface area (TPSA) is 101 Å². The van der Waals surface area contributed by atoms with E-state index in [4.69, 9.17) is 4.74 Å². The lowest BCUT2D eigenvalue weighted by Gasteiger charge is -2.24. The smallest absolute Gasteiger partial charge is 0.244 e. The molecule has 1 atom stereocenters. The molecule has 0 aliphatic carbocycles. The Morgan fingerprint density at radius 3 is 2.53 bits per heavy atom. The van der Waals surface area contributed by atoms with E-state index < -0.39 is 5.92 Å². The van der Waals surface area contributed by atoms with Crippen LogP contribution in [0.4, 0.5) is 11.4 Å². The minimum atomic E-state index is -0.564. The summed E-state index contributed by atoms with van der Waals surface area (Å²) in [5.41, 5.74) is 3.59. The van der Waals surface area contributed by atoms with E-state index >= 15 is 0 Å². The lowest BCUT2D eigenvalue weighted by Crippen LogP contribution is -2.40. The van der Waals surface area contributed by atoms with Crippen LogP contribution in [0, 0.1) is 0 Å². The normalized spacial score (nSPS) is 14.8. The Labute approximate surface area is 185 Å². The number of carbonyl (C=O) groups is 3. The lowest BCUT2D eigenvalue weighted by atomic mass is 9.98. The minimum Gasteiger partial charge on any atom is -0.480 e. The molecule has 0 spiro atoms. The highest BCUT2D eigenvalue weighted by Crippen LogP contribution is 2.43. The molecule has 4 rings (SSSR count). The quantitative estimate of drug-likeness (QED) is 0.622. The Morgan fingerprint density at radius 1 is 1.09 bits per heavy atom. The zero-order valence-corrected chi connectivity index (χ0v) is 18.0. The van der Waals surface area contributed by atoms with Crippen LogP contribution < -0.4 is 15.0 Å². The van der Waals surface area contributed by atoms with Crippen molar-refractivity contribution in [3.05, 3.63) is 66.1 Å². The summed E-state index contributed by atoms with van der Waals surface area (Å²) >= 11 is 0. The van der Waals surface area contributed by atoms with Crippen LogP contribution in [0.25, 0.3) is 11.1 Å². The van der Waals surface area contributed by atoms with E-state index in [0.717, 1.165) is 5.56 Å². The Morgan fingerprint density at radius 2 is 1.84 bits per heavy atom. The standard InChI is InChI=1S/C24H22N4O4/c1-14-22-18(5-4-11-25-22)21-19(10-12-26-23(21)32-3)28(24(14)31)13-20(30)27-17-8-6-16(7-9-17)15(2)29/h4-12,14H,13H2,1-3H3,(H,27,30). The molecule has 3 heterocycles. The predicted octanol–water partition coefficient (Wildman–Crippen LogP) is 3.44. The van der Waals surface area contributed by atoms with Crippen molar-refractivity contribution >= 4 is 29.0 Å². The maximum absolute atomic E-state index is 13.4. The van der Waals surface area contributed by atoms with Gasteiger partial charge in [-0.25, -0.2) is 4.98 Å². The molecule has 1 unspecified atom stereocenters. The molecule has 1 N–H and O–H groups in total. The van der Waals surface area contributed by atoms with Crippen LogP contribution >= 0.6 is 0 Å². The van der Waals surface area contributed by atoms with Crippen LogP contribution in [-0.4, -0.2) is 41.2 Å². The maximum Gasteiger partial charge on any atom is 0.244 e. The fourth-order valence-electron chi connectivity index (χ4n) is 3.80. The van der Waals surface area contributed by atoms with Gasteiger partial charge in [-0.1, -0.05) is 6.07 Å². The van der Waals surface area contributed by atoms with Crippen LogP contribution in [-0.2, 0) is 9.59 Å². The summed E-state index contributed by atoms with van der Waals surface area (Å²) in [7, 11) is 1.51. The number of hydrogen-bond donors (Lipinski definition) is 1. The number of carbonyl (C=O) groups excluding carboxylic acids is 3. The maximum atomic E-state index is 13.4. The minimum absolute atomic E-state index is 0.0561. The van der Waals surface area contributed by atoms with Gasteiger partial charge in [-0.05, 0) is 50.2 Å². The van der Waals surface area contributed by atoms with E-state index in [1.807, 2.05) is 6.07 Å². The molecule has 1 aromatic carbocycles. The number of methoxy groups -OCH3 is 1. The first-order valence-electron chi connectivity index (χ1n) is 10.1. The van der Waals surface area contributed by atoms with Gasteiger partial charge in [0.05, 0.1) is 30.0 Å². The number of amides is 2. The second-order valence-corrected chi connectivity index (χ2v) is 7.48. The fraction of sp³-hybridized carbons (Fsp3) is 0.208. The van der Waals surface area contributed by atoms with Gasteiger partial charge in [-0.15, -0.1) is 0 Å². The molecule has 0 radical (unpaired) electrons. The van der Waals surface area contributed by atoms with Gasteiger partial charge in [0.2, 0.25) is 17.7 Å². The molecule has 8 heteroatoms. The van der Waals surface area contributed by atoms with Crippen molar-refractivity contribution in [2.75, 3.05) is 23.9 Å². The van der Waals surface area contributed by atoms with Gasteiger partial charge in [0, 0.05) is 29.2 Å². The number of ketones is 1. The van der Waals surface area contributed by atoms with Crippen molar-refractivity contribution in [2.24, 2.45) is 0 Å². The van der Waals surface area contributed by atoms with Crippen LogP contribution in [0.3, 0.4) is 0 Å². The van der Waals surface area contributed by atoms with Crippen molar-refractivity contribution in [2.45, 2.75) is 19.8 Å². The first kappa shape index (κ1) is 21.2. The van der Waals surface area contributed by atoms with Gasteiger partial charge >= 0.3 is 0 Å². The highest BCUT2D eigenvalue weighted by atomic mass is 16.5. The monoisotopic (exact) mass is 430 g/mol. The number of rotatable bonds is 5. The number of hydrogen-bond acceptors (Lipinski definition) is 6. The second-order valence-electron chi connectivity index (χ2n) is 7.48. The zero-order valence-electron chi connectivity index (χ0n) is 18.0. The number of nitrogens with zero attached hydrogens (tertiary/aromatic N) is 3. The molecule has 2 amide bonds. The fourth-order valence-corrected chi connectivity index (χ4v) is 3.80. The first-order valence-corrected chi connectivity index (χ1v) is 10.1. The summed E-state index contributed by atoms with van der Waals surface area (Å²) in [5, 5.41) is 2.79. The molecule has 0 fully saturated rings. The number of anilines is 2. The average molecular weight is 430 g/mol. The van der Waals surface area contributed by atoms with E-state index in [2.05, 4.69) is 15.3 Å². The van der Waals surface area contributed by atoms with Gasteiger partial charge in [-0.3, -0.25) is 19.4 Å². The lowest BCUT2D eigenvalue weighted by molar-refractivity contribution is -0.122. The summed E-state index contributed by atoms with van der Waals surface area (Å²) in [6.45, 7) is 3.05. The van der Waals surface area contributed by atoms with Crippen molar-refractivity contribution in [3.8, 4) is 17.0 Å². The van der Waals surface area contributed by atoms with Crippen molar-refractivity contribution < 1.29 is 19.1 Å². The zero-order chi connectivity index (χ0) is 22.8. The molecule has 32 heavy (non-hydrogen) atoms. The van der Waals surface area contributed by atoms with Crippen molar-refractivity contribution in [3.63, 3.8) is 0 Å². The van der Waals surface area contributed by atoms with Gasteiger partial charge in [0.25, 0.3) is 0 Å². The largest absolute Gasteiger partial charge is 0.480 e. The highest BCUT2D eigenvalue weighted by molar-refractivity contribution is 6.09. The molecule has 8 nitrogen and oxygen atoms in total. The summed E-state index contributed by atoms with van der Waals surface area (Å²) in [6.07, 6.45) is 3.18. The molecule has 0 saturated heterocycles. The molecule has 2 aromatic heterocycles. The van der Waals surface area contributed by atoms with E-state index in [0.29, 0.717) is 34.1 Å². The number of fused-ring (bicyclic) bond motifs is 3. The number of Topliss-reactive ketones (excluding diaryl/α,β-unsaturated/α-hetero) is 1. The number of benzene rings is 1. The van der Waals surface area contributed by atoms with Crippen LogP contribution in [0.5, 0.6) is 5.88 Å². The van der Waals surface area contributed by atoms with Crippen LogP contribution in [0.1, 0.15) is 35.8 Å². The van der Waals surface area contributed by atoms with Crippen molar-refractivity contribution in [1.82, 2.24) is 9.97 Å². The third-order valence-corrected chi connectivity index (χ3v) is 5.41. The number of pyridine rings is 2. The van der Waals surface area contributed by atoms with Crippen molar-refractivity contribution in [1.29, 1.82) is 0 Å². The third kappa shape index (κ3) is 3.82. The van der Waals surface area contributed by atoms with E-state index in [9.17, 15) is 14.4 Å². The van der Waals surface area contributed by atoms with Gasteiger partial charge in [0.1, 0.15) is 6.54 Å². The Kier molecular flexibility index (Phi) is 5.68. The molecule has 1 aliphatic rings. The van der Waals surface area contributed by atoms with E-state index in [1.165, 1.54) is 18.9 Å². The summed E-state index contributed by atoms with van der Waals surface area (Å²) in [6, 6.07) is 12.0. The Bertz CT molecular complexity index is 1210. The SMILES string of the molecule is COc1nccc2c1-c1cccnc1C(C)C(=O)N2CC(=O)Nc1ccc(C(C)=O)cc1. The molecule has 0 saturated carbocycles. The van der Waals surface area contributed by atoms with E-state index in [1.54, 1.807) is 55.7 Å². The number of nitrogens with one attached hydrogen (secondary N) is 1. The molecular formula is C24H22N4O4. The highest BCUT2D eigenvalue weighted by Gasteiger charge is 2.35. The summed E-state index contributed by atoms with van der Waals surface area (Å²) in [4.78, 5) is 47.9. The summed E-state index contributed by atoms with van der Waals surface area (Å²) in [5.74, 6) is -0.894. The second kappa shape index (κ2) is 8.58. The van der Waals surface area contributed by atoms with Gasteiger partial charge < -0.3 is 15.0 Å². The van der Waals surface area contributed by atoms with Crippen LogP contribution in [0.15, 0.2) is 54.9 Å². The average Bonchev–Trinajstić information content (AvgIpc) is 2.89. The molecule has 3 aromatic rings. The molecular weight excluding hydrogens is 408 g/mol. The number of aromatic nitrogens is 2. The van der Waals surface area contributed by atoms with Crippen LogP contribution in [0.2, 0.25) is 0 Å². The Balaban J connectivity index is 1.69. The first-order chi connectivity index (χ1) is 15.4. The Hall–Kier alpha value is -4.07. The molecule has 162 valence electrons.